The van der Waals surface area contributed by atoms with E-state index in [4.69, 9.17) is 0 Å². The van der Waals surface area contributed by atoms with Crippen LogP contribution in [0.5, 0.6) is 0 Å². The van der Waals surface area contributed by atoms with Gasteiger partial charge in [-0.3, -0.25) is 4.68 Å². The van der Waals surface area contributed by atoms with Gasteiger partial charge in [-0.1, -0.05) is 0 Å². The first-order valence-corrected chi connectivity index (χ1v) is 4.68. The molecule has 1 heterocycles. The minimum Gasteiger partial charge on any atom is -0.387 e. The van der Waals surface area contributed by atoms with Gasteiger partial charge >= 0.3 is 0 Å². The average Bonchev–Trinajstić information content (AvgIpc) is 2.84. The Morgan fingerprint density at radius 2 is 2.54 bits per heavy atom. The molecule has 4 heteroatoms. The predicted octanol–water partition coefficient (Wildman–Crippen LogP) is 0.471. The maximum atomic E-state index is 9.62. The molecule has 72 valence electrons. The van der Waals surface area contributed by atoms with Gasteiger partial charge in [0.1, 0.15) is 0 Å². The predicted molar refractivity (Wildman–Crippen MR) is 49.4 cm³/mol. The lowest BCUT2D eigenvalue weighted by Gasteiger charge is -2.05. The van der Waals surface area contributed by atoms with Crippen LogP contribution in [0.4, 0.5) is 0 Å². The van der Waals surface area contributed by atoms with E-state index in [2.05, 4.69) is 10.4 Å². The first-order valence-electron chi connectivity index (χ1n) is 4.68. The first kappa shape index (κ1) is 8.72. The maximum absolute atomic E-state index is 9.62. The van der Waals surface area contributed by atoms with Crippen molar-refractivity contribution in [2.45, 2.75) is 25.0 Å². The van der Waals surface area contributed by atoms with Gasteiger partial charge in [-0.15, -0.1) is 0 Å². The van der Waals surface area contributed by atoms with E-state index in [1.165, 1.54) is 12.8 Å². The Morgan fingerprint density at radius 1 is 1.77 bits per heavy atom. The third kappa shape index (κ3) is 1.89. The Balaban J connectivity index is 2.03. The van der Waals surface area contributed by atoms with Crippen LogP contribution in [-0.2, 0) is 0 Å². The van der Waals surface area contributed by atoms with Gasteiger partial charge in [0, 0.05) is 18.3 Å². The zero-order valence-electron chi connectivity index (χ0n) is 7.77. The van der Waals surface area contributed by atoms with Gasteiger partial charge in [0.05, 0.1) is 18.3 Å². The second kappa shape index (κ2) is 3.47. The molecule has 0 aromatic carbocycles. The van der Waals surface area contributed by atoms with Crippen LogP contribution in [0, 0.1) is 0 Å². The molecule has 1 fully saturated rings. The second-order valence-corrected chi connectivity index (χ2v) is 3.56. The molecule has 1 unspecified atom stereocenters. The highest BCUT2D eigenvalue weighted by Crippen LogP contribution is 2.34. The Bertz CT molecular complexity index is 280. The molecule has 4 nitrogen and oxygen atoms in total. The van der Waals surface area contributed by atoms with Crippen LogP contribution in [0.1, 0.15) is 30.6 Å². The lowest BCUT2D eigenvalue weighted by molar-refractivity contribution is 0.177. The lowest BCUT2D eigenvalue weighted by Crippen LogP contribution is -2.16. The van der Waals surface area contributed by atoms with Gasteiger partial charge in [0.25, 0.3) is 0 Å². The van der Waals surface area contributed by atoms with Crippen LogP contribution < -0.4 is 5.32 Å². The molecule has 1 aliphatic rings. The number of rotatable bonds is 4. The molecule has 0 bridgehead atoms. The molecule has 0 amide bonds. The third-order valence-corrected chi connectivity index (χ3v) is 2.32. The fourth-order valence-electron chi connectivity index (χ4n) is 1.37. The summed E-state index contributed by atoms with van der Waals surface area (Å²) in [6.45, 7) is 0.580. The number of nitrogens with zero attached hydrogens (tertiary/aromatic N) is 2. The van der Waals surface area contributed by atoms with E-state index in [0.717, 1.165) is 5.56 Å². The number of aromatic nitrogens is 2. The number of nitrogens with one attached hydrogen (secondary N) is 1. The molecule has 1 aromatic heterocycles. The highest BCUT2D eigenvalue weighted by atomic mass is 16.3. The second-order valence-electron chi connectivity index (χ2n) is 3.56. The van der Waals surface area contributed by atoms with Crippen molar-refractivity contribution in [1.29, 1.82) is 0 Å². The van der Waals surface area contributed by atoms with Crippen molar-refractivity contribution < 1.29 is 5.11 Å². The van der Waals surface area contributed by atoms with Crippen molar-refractivity contribution in [3.8, 4) is 0 Å². The Kier molecular flexibility index (Phi) is 2.33. The molecule has 0 spiro atoms. The normalized spacial score (nSPS) is 18.9. The molecule has 1 atom stereocenters. The van der Waals surface area contributed by atoms with Gasteiger partial charge in [0.2, 0.25) is 0 Å². The molecule has 0 radical (unpaired) electrons. The first-order chi connectivity index (χ1) is 6.31. The third-order valence-electron chi connectivity index (χ3n) is 2.32. The van der Waals surface area contributed by atoms with Crippen LogP contribution in [0.15, 0.2) is 12.4 Å². The number of aliphatic hydroxyl groups is 1. The van der Waals surface area contributed by atoms with Crippen LogP contribution in [-0.4, -0.2) is 28.5 Å². The summed E-state index contributed by atoms with van der Waals surface area (Å²) in [6.07, 6.45) is 5.71. The van der Waals surface area contributed by atoms with E-state index >= 15 is 0 Å². The van der Waals surface area contributed by atoms with Crippen LogP contribution >= 0.6 is 0 Å². The Morgan fingerprint density at radius 3 is 3.15 bits per heavy atom. The quantitative estimate of drug-likeness (QED) is 0.710. The summed E-state index contributed by atoms with van der Waals surface area (Å²) < 4.78 is 1.95. The van der Waals surface area contributed by atoms with Crippen LogP contribution in [0.2, 0.25) is 0 Å². The van der Waals surface area contributed by atoms with Crippen molar-refractivity contribution in [2.24, 2.45) is 0 Å². The number of aliphatic hydroxyl groups excluding tert-OH is 1. The summed E-state index contributed by atoms with van der Waals surface area (Å²) >= 11 is 0. The van der Waals surface area contributed by atoms with Crippen LogP contribution in [0.3, 0.4) is 0 Å². The number of hydrogen-bond acceptors (Lipinski definition) is 3. The summed E-state index contributed by atoms with van der Waals surface area (Å²) in [6, 6.07) is 0.593. The summed E-state index contributed by atoms with van der Waals surface area (Å²) in [5, 5.41) is 16.8. The molecule has 13 heavy (non-hydrogen) atoms. The fraction of sp³-hybridized carbons (Fsp3) is 0.667. The molecule has 2 N–H and O–H groups in total. The van der Waals surface area contributed by atoms with Gasteiger partial charge in [0.15, 0.2) is 0 Å². The molecular weight excluding hydrogens is 166 g/mol. The van der Waals surface area contributed by atoms with E-state index < -0.39 is 6.10 Å². The van der Waals surface area contributed by atoms with Crippen molar-refractivity contribution >= 4 is 0 Å². The zero-order valence-corrected chi connectivity index (χ0v) is 7.77. The van der Waals surface area contributed by atoms with Crippen LogP contribution in [0.25, 0.3) is 0 Å². The molecule has 0 saturated heterocycles. The van der Waals surface area contributed by atoms with Gasteiger partial charge < -0.3 is 10.4 Å². The summed E-state index contributed by atoms with van der Waals surface area (Å²) in [4.78, 5) is 0. The van der Waals surface area contributed by atoms with Crippen molar-refractivity contribution in [3.63, 3.8) is 0 Å². The van der Waals surface area contributed by atoms with E-state index in [1.54, 1.807) is 6.20 Å². The number of hydrogen-bond donors (Lipinski definition) is 2. The molecule has 1 aromatic rings. The highest BCUT2D eigenvalue weighted by molar-refractivity contribution is 5.09. The fourth-order valence-corrected chi connectivity index (χ4v) is 1.37. The molecular formula is C9H15N3O. The Labute approximate surface area is 77.6 Å². The van der Waals surface area contributed by atoms with E-state index in [1.807, 2.05) is 17.9 Å². The van der Waals surface area contributed by atoms with Gasteiger partial charge in [-0.2, -0.15) is 5.10 Å². The minimum absolute atomic E-state index is 0.433. The molecule has 2 rings (SSSR count). The maximum Gasteiger partial charge on any atom is 0.0944 e. The molecule has 1 saturated carbocycles. The summed E-state index contributed by atoms with van der Waals surface area (Å²) in [7, 11) is 1.83. The molecule has 1 aliphatic carbocycles. The molecule has 0 aliphatic heterocycles. The minimum atomic E-state index is -0.433. The largest absolute Gasteiger partial charge is 0.387 e. The standard InChI is InChI=1S/C9H15N3O/c1-10-5-9(13)7-4-11-12(6-7)8-2-3-8/h4,6,8-10,13H,2-3,5H2,1H3. The summed E-state index contributed by atoms with van der Waals surface area (Å²) in [5.41, 5.74) is 0.904. The SMILES string of the molecule is CNCC(O)c1cnn(C2CC2)c1. The van der Waals surface area contributed by atoms with Gasteiger partial charge in [-0.05, 0) is 19.9 Å². The smallest absolute Gasteiger partial charge is 0.0944 e. The highest BCUT2D eigenvalue weighted by Gasteiger charge is 2.24. The van der Waals surface area contributed by atoms with E-state index in [0.29, 0.717) is 12.6 Å². The number of likely N-dealkylation sites (N-methyl/N-ethyl adjacent to an activating group) is 1. The average molecular weight is 181 g/mol. The van der Waals surface area contributed by atoms with E-state index in [9.17, 15) is 5.11 Å². The topological polar surface area (TPSA) is 50.1 Å². The van der Waals surface area contributed by atoms with E-state index in [-0.39, 0.29) is 0 Å². The van der Waals surface area contributed by atoms with Crippen molar-refractivity contribution in [3.05, 3.63) is 18.0 Å². The van der Waals surface area contributed by atoms with Crippen molar-refractivity contribution in [1.82, 2.24) is 15.1 Å². The Hall–Kier alpha value is -0.870. The monoisotopic (exact) mass is 181 g/mol. The van der Waals surface area contributed by atoms with Gasteiger partial charge in [-0.25, -0.2) is 0 Å². The summed E-state index contributed by atoms with van der Waals surface area (Å²) in [5.74, 6) is 0. The van der Waals surface area contributed by atoms with Crippen molar-refractivity contribution in [2.75, 3.05) is 13.6 Å². The zero-order chi connectivity index (χ0) is 9.26. The lowest BCUT2D eigenvalue weighted by atomic mass is 10.2.